The lowest BCUT2D eigenvalue weighted by atomic mass is 10.2. The normalized spacial score (nSPS) is 18.6. The second-order valence-corrected chi connectivity index (χ2v) is 11.3. The van der Waals surface area contributed by atoms with Gasteiger partial charge in [0.1, 0.15) is 5.75 Å². The average molecular weight is 483 g/mol. The van der Waals surface area contributed by atoms with Crippen LogP contribution in [-0.2, 0) is 14.8 Å². The largest absolute Gasteiger partial charge is 0.465 e. The van der Waals surface area contributed by atoms with E-state index in [4.69, 9.17) is 21.1 Å². The van der Waals surface area contributed by atoms with E-state index in [0.717, 1.165) is 59.2 Å². The minimum atomic E-state index is -3.57. The Labute approximate surface area is 193 Å². The maximum absolute atomic E-state index is 13.0. The molecule has 0 saturated carbocycles. The van der Waals surface area contributed by atoms with Gasteiger partial charge in [0, 0.05) is 43.9 Å². The predicted molar refractivity (Wildman–Crippen MR) is 124 cm³/mol. The number of hydrogen-bond acceptors (Lipinski definition) is 6. The molecule has 0 N–H and O–H groups in total. The number of halogens is 1. The second-order valence-electron chi connectivity index (χ2n) is 7.73. The number of ether oxygens (including phenoxy) is 2. The smallest absolute Gasteiger partial charge is 0.243 e. The number of benzene rings is 2. The highest BCUT2D eigenvalue weighted by Crippen LogP contribution is 2.51. The summed E-state index contributed by atoms with van der Waals surface area (Å²) in [5.74, 6) is 1.28. The molecule has 2 aliphatic heterocycles. The Kier molecular flexibility index (Phi) is 7.03. The van der Waals surface area contributed by atoms with Crippen molar-refractivity contribution in [3.63, 3.8) is 0 Å². The molecule has 1 saturated heterocycles. The fourth-order valence-corrected chi connectivity index (χ4v) is 6.37. The highest BCUT2D eigenvalue weighted by Gasteiger charge is 2.31. The van der Waals surface area contributed by atoms with Crippen LogP contribution < -0.4 is 9.64 Å². The third-order valence-corrected chi connectivity index (χ3v) is 8.81. The van der Waals surface area contributed by atoms with Gasteiger partial charge >= 0.3 is 0 Å². The van der Waals surface area contributed by atoms with Gasteiger partial charge in [0.2, 0.25) is 10.0 Å². The Bertz CT molecular complexity index is 1040. The van der Waals surface area contributed by atoms with Crippen LogP contribution in [0.2, 0.25) is 0 Å². The SMILES string of the molecule is CN(C)S(=O)(=O)c1cccc2c1Sc1ccc(OC3CCCCO3)cc1N2CCCCl. The summed E-state index contributed by atoms with van der Waals surface area (Å²) in [7, 11) is -0.466. The first kappa shape index (κ1) is 22.7. The molecular weight excluding hydrogens is 456 g/mol. The number of nitrogens with zero attached hydrogens (tertiary/aromatic N) is 2. The van der Waals surface area contributed by atoms with E-state index in [1.165, 1.54) is 16.1 Å². The van der Waals surface area contributed by atoms with Crippen LogP contribution in [0.3, 0.4) is 0 Å². The molecule has 0 amide bonds. The molecule has 31 heavy (non-hydrogen) atoms. The molecule has 168 valence electrons. The summed E-state index contributed by atoms with van der Waals surface area (Å²) in [5.41, 5.74) is 1.87. The average Bonchev–Trinajstić information content (AvgIpc) is 2.77. The highest BCUT2D eigenvalue weighted by molar-refractivity contribution is 8.00. The van der Waals surface area contributed by atoms with E-state index >= 15 is 0 Å². The molecule has 2 aliphatic rings. The number of sulfonamides is 1. The van der Waals surface area contributed by atoms with Crippen molar-refractivity contribution in [2.45, 2.75) is 46.7 Å². The summed E-state index contributed by atoms with van der Waals surface area (Å²) in [6, 6.07) is 11.4. The Morgan fingerprint density at radius 3 is 2.77 bits per heavy atom. The molecule has 2 heterocycles. The zero-order valence-electron chi connectivity index (χ0n) is 17.7. The molecule has 1 atom stereocenters. The van der Waals surface area contributed by atoms with E-state index in [2.05, 4.69) is 4.90 Å². The standard InChI is InChI=1S/C22H27ClN2O4S2/c1-24(2)31(26,27)20-8-5-7-17-22(20)30-19-11-10-16(29-21-9-3-4-14-28-21)15-18(19)25(17)13-6-12-23/h5,7-8,10-11,15,21H,3-4,6,9,12-14H2,1-2H3. The Morgan fingerprint density at radius 1 is 1.23 bits per heavy atom. The van der Waals surface area contributed by atoms with E-state index in [1.807, 2.05) is 24.3 Å². The summed E-state index contributed by atoms with van der Waals surface area (Å²) in [4.78, 5) is 4.19. The molecule has 1 unspecified atom stereocenters. The topological polar surface area (TPSA) is 59.1 Å². The van der Waals surface area contributed by atoms with Gasteiger partial charge in [-0.2, -0.15) is 0 Å². The molecule has 2 aromatic carbocycles. The molecule has 0 radical (unpaired) electrons. The van der Waals surface area contributed by atoms with E-state index in [0.29, 0.717) is 17.3 Å². The number of anilines is 2. The van der Waals surface area contributed by atoms with Gasteiger partial charge in [-0.15, -0.1) is 11.6 Å². The third-order valence-electron chi connectivity index (χ3n) is 5.36. The van der Waals surface area contributed by atoms with Crippen LogP contribution in [0.15, 0.2) is 51.1 Å². The summed E-state index contributed by atoms with van der Waals surface area (Å²) >= 11 is 7.48. The van der Waals surface area contributed by atoms with Gasteiger partial charge in [-0.3, -0.25) is 0 Å². The monoisotopic (exact) mass is 482 g/mol. The van der Waals surface area contributed by atoms with Crippen molar-refractivity contribution < 1.29 is 17.9 Å². The lowest BCUT2D eigenvalue weighted by Gasteiger charge is -2.34. The number of rotatable bonds is 7. The van der Waals surface area contributed by atoms with Gasteiger partial charge in [-0.25, -0.2) is 12.7 Å². The van der Waals surface area contributed by atoms with Crippen LogP contribution in [0.1, 0.15) is 25.7 Å². The summed E-state index contributed by atoms with van der Waals surface area (Å²) < 4.78 is 39.0. The maximum atomic E-state index is 13.0. The van der Waals surface area contributed by atoms with E-state index < -0.39 is 10.0 Å². The second kappa shape index (κ2) is 9.58. The first-order chi connectivity index (χ1) is 14.9. The third kappa shape index (κ3) is 4.68. The van der Waals surface area contributed by atoms with Crippen LogP contribution in [0, 0.1) is 0 Å². The Balaban J connectivity index is 1.73. The summed E-state index contributed by atoms with van der Waals surface area (Å²) in [6.07, 6.45) is 3.61. The van der Waals surface area contributed by atoms with Crippen LogP contribution >= 0.6 is 23.4 Å². The van der Waals surface area contributed by atoms with Gasteiger partial charge in [-0.1, -0.05) is 17.8 Å². The zero-order chi connectivity index (χ0) is 22.0. The van der Waals surface area contributed by atoms with Crippen molar-refractivity contribution >= 4 is 44.8 Å². The summed E-state index contributed by atoms with van der Waals surface area (Å²) in [5, 5.41) is 0. The number of fused-ring (bicyclic) bond motifs is 2. The fourth-order valence-electron chi connectivity index (χ4n) is 3.74. The zero-order valence-corrected chi connectivity index (χ0v) is 20.1. The van der Waals surface area contributed by atoms with Crippen molar-refractivity contribution in [3.8, 4) is 5.75 Å². The first-order valence-electron chi connectivity index (χ1n) is 10.4. The fraction of sp³-hybridized carbons (Fsp3) is 0.455. The molecular formula is C22H27ClN2O4S2. The molecule has 2 aromatic rings. The van der Waals surface area contributed by atoms with Crippen LogP contribution in [-0.4, -0.2) is 52.1 Å². The van der Waals surface area contributed by atoms with E-state index in [1.54, 1.807) is 26.2 Å². The Morgan fingerprint density at radius 2 is 2.06 bits per heavy atom. The van der Waals surface area contributed by atoms with Crippen LogP contribution in [0.25, 0.3) is 0 Å². The molecule has 6 nitrogen and oxygen atoms in total. The number of alkyl halides is 1. The van der Waals surface area contributed by atoms with Crippen molar-refractivity contribution in [1.29, 1.82) is 0 Å². The van der Waals surface area contributed by atoms with Gasteiger partial charge < -0.3 is 14.4 Å². The van der Waals surface area contributed by atoms with Crippen molar-refractivity contribution in [3.05, 3.63) is 36.4 Å². The maximum Gasteiger partial charge on any atom is 0.243 e. The number of hydrogen-bond donors (Lipinski definition) is 0. The lowest BCUT2D eigenvalue weighted by Crippen LogP contribution is -2.27. The Hall–Kier alpha value is -1.45. The van der Waals surface area contributed by atoms with Crippen molar-refractivity contribution in [2.24, 2.45) is 0 Å². The van der Waals surface area contributed by atoms with E-state index in [-0.39, 0.29) is 6.29 Å². The molecule has 4 rings (SSSR count). The van der Waals surface area contributed by atoms with Crippen molar-refractivity contribution in [2.75, 3.05) is 38.0 Å². The van der Waals surface area contributed by atoms with Crippen LogP contribution in [0.5, 0.6) is 5.75 Å². The van der Waals surface area contributed by atoms with Gasteiger partial charge in [-0.05, 0) is 43.5 Å². The lowest BCUT2D eigenvalue weighted by molar-refractivity contribution is -0.105. The van der Waals surface area contributed by atoms with Gasteiger partial charge in [0.05, 0.1) is 27.8 Å². The minimum absolute atomic E-state index is 0.219. The van der Waals surface area contributed by atoms with Crippen LogP contribution in [0.4, 0.5) is 11.4 Å². The van der Waals surface area contributed by atoms with Gasteiger partial charge in [0.15, 0.2) is 6.29 Å². The molecule has 0 bridgehead atoms. The molecule has 0 spiro atoms. The van der Waals surface area contributed by atoms with E-state index in [9.17, 15) is 8.42 Å². The highest BCUT2D eigenvalue weighted by atomic mass is 35.5. The van der Waals surface area contributed by atoms with Gasteiger partial charge in [0.25, 0.3) is 0 Å². The minimum Gasteiger partial charge on any atom is -0.465 e. The van der Waals surface area contributed by atoms with Crippen molar-refractivity contribution in [1.82, 2.24) is 4.31 Å². The molecule has 1 fully saturated rings. The molecule has 9 heteroatoms. The predicted octanol–water partition coefficient (Wildman–Crippen LogP) is 5.07. The molecule has 0 aliphatic carbocycles. The first-order valence-corrected chi connectivity index (χ1v) is 13.2. The summed E-state index contributed by atoms with van der Waals surface area (Å²) in [6.45, 7) is 1.41. The molecule has 0 aromatic heterocycles. The quantitative estimate of drug-likeness (QED) is 0.513.